The lowest BCUT2D eigenvalue weighted by molar-refractivity contribution is 0.0697. The highest BCUT2D eigenvalue weighted by Crippen LogP contribution is 2.25. The molecule has 0 bridgehead atoms. The van der Waals surface area contributed by atoms with Crippen molar-refractivity contribution in [3.63, 3.8) is 0 Å². The molecular formula is C23H23ClN4O3. The number of anilines is 1. The molecule has 1 aromatic heterocycles. The predicted molar refractivity (Wildman–Crippen MR) is 123 cm³/mol. The quantitative estimate of drug-likeness (QED) is 0.376. The fourth-order valence-electron chi connectivity index (χ4n) is 3.27. The van der Waals surface area contributed by atoms with Gasteiger partial charge in [0.05, 0.1) is 16.8 Å². The van der Waals surface area contributed by atoms with Gasteiger partial charge in [0.25, 0.3) is 0 Å². The van der Waals surface area contributed by atoms with Crippen molar-refractivity contribution in [1.29, 1.82) is 0 Å². The van der Waals surface area contributed by atoms with Gasteiger partial charge in [0, 0.05) is 28.3 Å². The van der Waals surface area contributed by atoms with Gasteiger partial charge in [-0.15, -0.1) is 0 Å². The van der Waals surface area contributed by atoms with E-state index in [-0.39, 0.29) is 10.6 Å². The zero-order chi connectivity index (χ0) is 22.7. The molecule has 1 heterocycles. The van der Waals surface area contributed by atoms with Gasteiger partial charge in [-0.1, -0.05) is 17.7 Å². The summed E-state index contributed by atoms with van der Waals surface area (Å²) in [5.74, 6) is -1.07. The second-order valence-corrected chi connectivity index (χ2v) is 7.66. The highest BCUT2D eigenvalue weighted by atomic mass is 35.5. The molecule has 3 N–H and O–H groups in total. The number of hydrogen-bond donors (Lipinski definition) is 3. The van der Waals surface area contributed by atoms with E-state index in [9.17, 15) is 9.59 Å². The number of aromatic carboxylic acids is 1. The van der Waals surface area contributed by atoms with Gasteiger partial charge >= 0.3 is 12.0 Å². The van der Waals surface area contributed by atoms with Crippen LogP contribution in [0.4, 0.5) is 10.5 Å². The van der Waals surface area contributed by atoms with E-state index in [1.807, 2.05) is 56.5 Å². The Morgan fingerprint density at radius 1 is 1.03 bits per heavy atom. The molecule has 0 atom stereocenters. The summed E-state index contributed by atoms with van der Waals surface area (Å²) in [6.07, 6.45) is 1.56. The zero-order valence-corrected chi connectivity index (χ0v) is 18.4. The summed E-state index contributed by atoms with van der Waals surface area (Å²) in [4.78, 5) is 23.3. The number of carboxylic acids is 1. The third-order valence-electron chi connectivity index (χ3n) is 5.05. The Labute approximate surface area is 185 Å². The largest absolute Gasteiger partial charge is 0.478 e. The monoisotopic (exact) mass is 438 g/mol. The van der Waals surface area contributed by atoms with Crippen LogP contribution in [0.25, 0.3) is 5.69 Å². The number of carbonyl (C=O) groups is 2. The third-order valence-corrected chi connectivity index (χ3v) is 5.36. The number of halogens is 1. The molecule has 0 radical (unpaired) electrons. The average molecular weight is 439 g/mol. The topological polar surface area (TPSA) is 95.7 Å². The fourth-order valence-corrected chi connectivity index (χ4v) is 3.53. The van der Waals surface area contributed by atoms with Crippen molar-refractivity contribution < 1.29 is 14.7 Å². The van der Waals surface area contributed by atoms with Crippen LogP contribution in [0, 0.1) is 27.7 Å². The minimum Gasteiger partial charge on any atom is -0.478 e. The molecule has 0 unspecified atom stereocenters. The van der Waals surface area contributed by atoms with Crippen molar-refractivity contribution in [3.05, 3.63) is 81.1 Å². The van der Waals surface area contributed by atoms with Crippen LogP contribution in [0.2, 0.25) is 5.02 Å². The van der Waals surface area contributed by atoms with Crippen molar-refractivity contribution >= 4 is 35.5 Å². The van der Waals surface area contributed by atoms with E-state index in [0.717, 1.165) is 33.8 Å². The van der Waals surface area contributed by atoms with Crippen LogP contribution in [0.1, 0.15) is 38.4 Å². The molecule has 3 rings (SSSR count). The van der Waals surface area contributed by atoms with Crippen LogP contribution in [0.15, 0.2) is 47.6 Å². The van der Waals surface area contributed by atoms with Gasteiger partial charge in [-0.2, -0.15) is 5.10 Å². The van der Waals surface area contributed by atoms with E-state index >= 15 is 0 Å². The summed E-state index contributed by atoms with van der Waals surface area (Å²) in [6.45, 7) is 7.81. The van der Waals surface area contributed by atoms with E-state index in [2.05, 4.69) is 15.8 Å². The van der Waals surface area contributed by atoms with Crippen molar-refractivity contribution in [2.45, 2.75) is 27.7 Å². The molecule has 160 valence electrons. The van der Waals surface area contributed by atoms with Crippen molar-refractivity contribution in [2.24, 2.45) is 5.10 Å². The molecule has 0 saturated heterocycles. The Bertz CT molecular complexity index is 1200. The predicted octanol–water partition coefficient (Wildman–Crippen LogP) is 5.22. The molecule has 2 amide bonds. The normalized spacial score (nSPS) is 11.0. The molecule has 0 aliphatic heterocycles. The minimum atomic E-state index is -1.07. The lowest BCUT2D eigenvalue weighted by Crippen LogP contribution is -2.24. The highest BCUT2D eigenvalue weighted by Gasteiger charge is 2.13. The van der Waals surface area contributed by atoms with Crippen LogP contribution in [-0.2, 0) is 0 Å². The highest BCUT2D eigenvalue weighted by molar-refractivity contribution is 6.33. The Balaban J connectivity index is 1.73. The van der Waals surface area contributed by atoms with Gasteiger partial charge in [-0.25, -0.2) is 15.0 Å². The smallest absolute Gasteiger partial charge is 0.339 e. The molecule has 0 aliphatic carbocycles. The van der Waals surface area contributed by atoms with E-state index in [0.29, 0.717) is 5.69 Å². The van der Waals surface area contributed by atoms with Gasteiger partial charge in [0.15, 0.2) is 0 Å². The number of urea groups is 1. The summed E-state index contributed by atoms with van der Waals surface area (Å²) < 4.78 is 1.94. The Kier molecular flexibility index (Phi) is 6.46. The first-order chi connectivity index (χ1) is 14.7. The van der Waals surface area contributed by atoms with Crippen molar-refractivity contribution in [2.75, 3.05) is 5.32 Å². The number of benzene rings is 2. The number of aryl methyl sites for hydroxylation is 3. The molecule has 0 fully saturated rings. The maximum absolute atomic E-state index is 12.1. The number of aromatic nitrogens is 1. The van der Waals surface area contributed by atoms with Crippen molar-refractivity contribution in [3.8, 4) is 5.69 Å². The second-order valence-electron chi connectivity index (χ2n) is 7.25. The fraction of sp³-hybridized carbons (Fsp3) is 0.174. The van der Waals surface area contributed by atoms with Crippen LogP contribution in [0.5, 0.6) is 0 Å². The number of rotatable bonds is 5. The molecular weight excluding hydrogens is 416 g/mol. The van der Waals surface area contributed by atoms with Crippen LogP contribution >= 0.6 is 11.6 Å². The average Bonchev–Trinajstić information content (AvgIpc) is 2.97. The minimum absolute atomic E-state index is 0.0497. The maximum atomic E-state index is 12.1. The first kappa shape index (κ1) is 22.1. The van der Waals surface area contributed by atoms with Gasteiger partial charge in [0.2, 0.25) is 0 Å². The van der Waals surface area contributed by atoms with E-state index < -0.39 is 12.0 Å². The number of nitrogens with one attached hydrogen (secondary N) is 2. The summed E-state index contributed by atoms with van der Waals surface area (Å²) in [7, 11) is 0. The molecule has 7 nitrogen and oxygen atoms in total. The summed E-state index contributed by atoms with van der Waals surface area (Å²) >= 11 is 6.11. The number of carboxylic acid groups (broad SMARTS) is 1. The zero-order valence-electron chi connectivity index (χ0n) is 17.7. The van der Waals surface area contributed by atoms with E-state index in [4.69, 9.17) is 16.7 Å². The van der Waals surface area contributed by atoms with Gasteiger partial charge in [-0.05, 0) is 75.2 Å². The molecule has 0 aliphatic rings. The molecule has 8 heteroatoms. The van der Waals surface area contributed by atoms with Crippen LogP contribution in [-0.4, -0.2) is 27.9 Å². The number of nitrogens with zero attached hydrogens (tertiary/aromatic N) is 2. The standard InChI is InChI=1S/C23H23ClN4O3/c1-13-5-6-18(9-14(13)2)26-23(31)27-25-12-17-10-15(3)28(16(17)4)19-7-8-20(22(29)30)21(24)11-19/h5-12H,1-4H3,(H,29,30)(H2,26,27,31)/b25-12+. The summed E-state index contributed by atoms with van der Waals surface area (Å²) in [5, 5.41) is 16.1. The molecule has 0 spiro atoms. The van der Waals surface area contributed by atoms with Gasteiger partial charge in [0.1, 0.15) is 0 Å². The molecule has 3 aromatic rings. The van der Waals surface area contributed by atoms with Gasteiger partial charge < -0.3 is 15.0 Å². The van der Waals surface area contributed by atoms with E-state index in [1.54, 1.807) is 18.3 Å². The summed E-state index contributed by atoms with van der Waals surface area (Å²) in [6, 6.07) is 11.9. The summed E-state index contributed by atoms with van der Waals surface area (Å²) in [5.41, 5.74) is 8.78. The number of hydrogen-bond acceptors (Lipinski definition) is 3. The molecule has 31 heavy (non-hydrogen) atoms. The number of amides is 2. The second kappa shape index (κ2) is 9.06. The Hall–Kier alpha value is -3.58. The third kappa shape index (κ3) is 4.95. The van der Waals surface area contributed by atoms with Crippen LogP contribution in [0.3, 0.4) is 0 Å². The Morgan fingerprint density at radius 2 is 1.77 bits per heavy atom. The molecule has 0 saturated carbocycles. The lowest BCUT2D eigenvalue weighted by atomic mass is 10.1. The lowest BCUT2D eigenvalue weighted by Gasteiger charge is -2.11. The first-order valence-electron chi connectivity index (χ1n) is 9.57. The SMILES string of the molecule is Cc1ccc(NC(=O)N/N=C/c2cc(C)n(-c3ccc(C(=O)O)c(Cl)c3)c2C)cc1C. The first-order valence-corrected chi connectivity index (χ1v) is 9.94. The van der Waals surface area contributed by atoms with Crippen LogP contribution < -0.4 is 10.7 Å². The molecule has 2 aromatic carbocycles. The number of carbonyl (C=O) groups excluding carboxylic acids is 1. The van der Waals surface area contributed by atoms with Crippen molar-refractivity contribution in [1.82, 2.24) is 9.99 Å². The van der Waals surface area contributed by atoms with Gasteiger partial charge in [-0.3, -0.25) is 0 Å². The van der Waals surface area contributed by atoms with E-state index in [1.165, 1.54) is 6.07 Å². The number of hydrazone groups is 1. The Morgan fingerprint density at radius 3 is 2.42 bits per heavy atom. The maximum Gasteiger partial charge on any atom is 0.339 e.